The smallest absolute Gasteiger partial charge is 0.0566 e. The van der Waals surface area contributed by atoms with Crippen molar-refractivity contribution in [1.82, 2.24) is 0 Å². The van der Waals surface area contributed by atoms with Crippen molar-refractivity contribution in [1.29, 1.82) is 0 Å². The molecule has 0 saturated carbocycles. The molecule has 0 aromatic carbocycles. The van der Waals surface area contributed by atoms with Crippen LogP contribution in [0, 0.1) is 5.41 Å². The standard InChI is InChI=1S/C9H19N3O3/c1-2-9(6-13,7-14)8-15-5-3-4-11-12-10/h13-14H,2-8H2,1H3. The minimum atomic E-state index is -0.543. The molecular formula is C9H19N3O3. The zero-order chi connectivity index (χ0) is 11.6. The van der Waals surface area contributed by atoms with Crippen molar-refractivity contribution in [2.75, 3.05) is 33.0 Å². The van der Waals surface area contributed by atoms with Crippen molar-refractivity contribution in [2.24, 2.45) is 10.5 Å². The average molecular weight is 217 g/mol. The Hall–Kier alpha value is -0.810. The summed E-state index contributed by atoms with van der Waals surface area (Å²) in [6.07, 6.45) is 1.32. The summed E-state index contributed by atoms with van der Waals surface area (Å²) in [5, 5.41) is 21.6. The molecule has 0 saturated heterocycles. The SMILES string of the molecule is CCC(CO)(CO)COCCCN=[N+]=[N-]. The number of azide groups is 1. The van der Waals surface area contributed by atoms with E-state index in [1.807, 2.05) is 6.92 Å². The number of ether oxygens (including phenoxy) is 1. The van der Waals surface area contributed by atoms with Gasteiger partial charge >= 0.3 is 0 Å². The predicted molar refractivity (Wildman–Crippen MR) is 56.3 cm³/mol. The molecule has 15 heavy (non-hydrogen) atoms. The Morgan fingerprint density at radius 3 is 2.53 bits per heavy atom. The fourth-order valence-corrected chi connectivity index (χ4v) is 1.04. The number of aliphatic hydroxyl groups excluding tert-OH is 2. The summed E-state index contributed by atoms with van der Waals surface area (Å²) in [5.74, 6) is 0. The highest BCUT2D eigenvalue weighted by Gasteiger charge is 2.26. The van der Waals surface area contributed by atoms with Gasteiger partial charge in [0.15, 0.2) is 0 Å². The second-order valence-corrected chi connectivity index (χ2v) is 3.53. The van der Waals surface area contributed by atoms with E-state index in [4.69, 9.17) is 20.5 Å². The van der Waals surface area contributed by atoms with Crippen LogP contribution in [0.15, 0.2) is 5.11 Å². The molecule has 0 aliphatic rings. The van der Waals surface area contributed by atoms with Gasteiger partial charge in [-0.2, -0.15) is 0 Å². The lowest BCUT2D eigenvalue weighted by Gasteiger charge is -2.27. The van der Waals surface area contributed by atoms with Gasteiger partial charge in [0.2, 0.25) is 0 Å². The maximum absolute atomic E-state index is 9.11. The summed E-state index contributed by atoms with van der Waals surface area (Å²) in [5.41, 5.74) is 7.47. The van der Waals surface area contributed by atoms with Gasteiger partial charge in [0.05, 0.1) is 19.8 Å². The molecule has 0 aromatic rings. The monoisotopic (exact) mass is 217 g/mol. The van der Waals surface area contributed by atoms with Crippen LogP contribution in [-0.4, -0.2) is 43.2 Å². The van der Waals surface area contributed by atoms with Gasteiger partial charge in [0, 0.05) is 23.5 Å². The van der Waals surface area contributed by atoms with E-state index >= 15 is 0 Å². The van der Waals surface area contributed by atoms with Gasteiger partial charge in [-0.05, 0) is 18.4 Å². The van der Waals surface area contributed by atoms with E-state index in [1.165, 1.54) is 0 Å². The first kappa shape index (κ1) is 14.2. The van der Waals surface area contributed by atoms with E-state index in [0.717, 1.165) is 0 Å². The summed E-state index contributed by atoms with van der Waals surface area (Å²) in [7, 11) is 0. The Morgan fingerprint density at radius 2 is 2.07 bits per heavy atom. The molecule has 0 unspecified atom stereocenters. The Balaban J connectivity index is 3.66. The van der Waals surface area contributed by atoms with Crippen molar-refractivity contribution in [3.63, 3.8) is 0 Å². The second kappa shape index (κ2) is 8.49. The van der Waals surface area contributed by atoms with Crippen molar-refractivity contribution >= 4 is 0 Å². The largest absolute Gasteiger partial charge is 0.396 e. The summed E-state index contributed by atoms with van der Waals surface area (Å²) in [6, 6.07) is 0. The molecule has 0 fully saturated rings. The van der Waals surface area contributed by atoms with Crippen LogP contribution in [-0.2, 0) is 4.74 Å². The highest BCUT2D eigenvalue weighted by atomic mass is 16.5. The fraction of sp³-hybridized carbons (Fsp3) is 1.00. The predicted octanol–water partition coefficient (Wildman–Crippen LogP) is 1.08. The van der Waals surface area contributed by atoms with E-state index in [0.29, 0.717) is 32.6 Å². The van der Waals surface area contributed by atoms with Crippen LogP contribution < -0.4 is 0 Å². The van der Waals surface area contributed by atoms with E-state index < -0.39 is 5.41 Å². The number of hydrogen-bond donors (Lipinski definition) is 2. The fourth-order valence-electron chi connectivity index (χ4n) is 1.04. The molecule has 0 rings (SSSR count). The van der Waals surface area contributed by atoms with Crippen LogP contribution >= 0.6 is 0 Å². The maximum atomic E-state index is 9.11. The molecule has 0 aliphatic carbocycles. The molecule has 0 spiro atoms. The van der Waals surface area contributed by atoms with E-state index in [9.17, 15) is 0 Å². The van der Waals surface area contributed by atoms with Gasteiger partial charge in [0.1, 0.15) is 0 Å². The molecule has 0 bridgehead atoms. The molecule has 0 amide bonds. The van der Waals surface area contributed by atoms with Gasteiger partial charge in [-0.15, -0.1) is 0 Å². The van der Waals surface area contributed by atoms with Crippen molar-refractivity contribution < 1.29 is 14.9 Å². The minimum absolute atomic E-state index is 0.0870. The lowest BCUT2D eigenvalue weighted by atomic mass is 9.88. The maximum Gasteiger partial charge on any atom is 0.0566 e. The number of aliphatic hydroxyl groups is 2. The molecule has 0 heterocycles. The Bertz CT molecular complexity index is 193. The molecule has 2 N–H and O–H groups in total. The van der Waals surface area contributed by atoms with Gasteiger partial charge in [-0.3, -0.25) is 0 Å². The first-order valence-corrected chi connectivity index (χ1v) is 5.05. The van der Waals surface area contributed by atoms with Gasteiger partial charge < -0.3 is 14.9 Å². The average Bonchev–Trinajstić information content (AvgIpc) is 2.29. The van der Waals surface area contributed by atoms with Crippen LogP contribution in [0.25, 0.3) is 10.4 Å². The molecule has 88 valence electrons. The first-order chi connectivity index (χ1) is 7.24. The van der Waals surface area contributed by atoms with E-state index in [-0.39, 0.29) is 13.2 Å². The quantitative estimate of drug-likeness (QED) is 0.261. The van der Waals surface area contributed by atoms with Crippen LogP contribution in [0.2, 0.25) is 0 Å². The van der Waals surface area contributed by atoms with Crippen LogP contribution in [0.5, 0.6) is 0 Å². The number of hydrogen-bond acceptors (Lipinski definition) is 4. The van der Waals surface area contributed by atoms with Crippen LogP contribution in [0.3, 0.4) is 0 Å². The van der Waals surface area contributed by atoms with Crippen LogP contribution in [0.4, 0.5) is 0 Å². The molecule has 0 atom stereocenters. The molecule has 6 heteroatoms. The number of nitrogens with zero attached hydrogens (tertiary/aromatic N) is 3. The highest BCUT2D eigenvalue weighted by Crippen LogP contribution is 2.20. The molecule has 0 radical (unpaired) electrons. The van der Waals surface area contributed by atoms with Crippen LogP contribution in [0.1, 0.15) is 19.8 Å². The van der Waals surface area contributed by atoms with E-state index in [2.05, 4.69) is 10.0 Å². The van der Waals surface area contributed by atoms with Gasteiger partial charge in [0.25, 0.3) is 0 Å². The molecule has 0 aromatic heterocycles. The first-order valence-electron chi connectivity index (χ1n) is 5.05. The zero-order valence-corrected chi connectivity index (χ0v) is 9.09. The van der Waals surface area contributed by atoms with Gasteiger partial charge in [-0.25, -0.2) is 0 Å². The third-order valence-corrected chi connectivity index (χ3v) is 2.44. The van der Waals surface area contributed by atoms with Crippen molar-refractivity contribution in [2.45, 2.75) is 19.8 Å². The topological polar surface area (TPSA) is 98.5 Å². The Labute approximate surface area is 89.5 Å². The summed E-state index contributed by atoms with van der Waals surface area (Å²) in [6.45, 7) is 2.93. The molecule has 6 nitrogen and oxygen atoms in total. The highest BCUT2D eigenvalue weighted by molar-refractivity contribution is 4.75. The molecular weight excluding hydrogens is 198 g/mol. The summed E-state index contributed by atoms with van der Waals surface area (Å²) in [4.78, 5) is 2.62. The lowest BCUT2D eigenvalue weighted by molar-refractivity contribution is -0.0299. The third-order valence-electron chi connectivity index (χ3n) is 2.44. The minimum Gasteiger partial charge on any atom is -0.396 e. The van der Waals surface area contributed by atoms with Gasteiger partial charge in [-0.1, -0.05) is 12.0 Å². The normalized spacial score (nSPS) is 11.1. The third kappa shape index (κ3) is 5.59. The zero-order valence-electron chi connectivity index (χ0n) is 9.09. The summed E-state index contributed by atoms with van der Waals surface area (Å²) >= 11 is 0. The second-order valence-electron chi connectivity index (χ2n) is 3.53. The Morgan fingerprint density at radius 1 is 1.40 bits per heavy atom. The lowest BCUT2D eigenvalue weighted by Crippen LogP contribution is -2.34. The molecule has 0 aliphatic heterocycles. The summed E-state index contributed by atoms with van der Waals surface area (Å²) < 4.78 is 5.32. The Kier molecular flexibility index (Phi) is 8.04. The van der Waals surface area contributed by atoms with E-state index in [1.54, 1.807) is 0 Å². The van der Waals surface area contributed by atoms with Crippen molar-refractivity contribution in [3.05, 3.63) is 10.4 Å². The van der Waals surface area contributed by atoms with Crippen molar-refractivity contribution in [3.8, 4) is 0 Å². The number of rotatable bonds is 9.